The summed E-state index contributed by atoms with van der Waals surface area (Å²) in [6.07, 6.45) is 1.15. The van der Waals surface area contributed by atoms with Gasteiger partial charge < -0.3 is 31.0 Å². The molecule has 1 aliphatic heterocycles. The van der Waals surface area contributed by atoms with Crippen LogP contribution in [0.2, 0.25) is 0 Å². The van der Waals surface area contributed by atoms with Gasteiger partial charge in [0.05, 0.1) is 20.1 Å². The van der Waals surface area contributed by atoms with E-state index in [1.807, 2.05) is 35.8 Å². The number of benzene rings is 1. The number of rotatable bonds is 4. The van der Waals surface area contributed by atoms with E-state index in [1.165, 1.54) is 18.1 Å². The smallest absolute Gasteiger partial charge is 0.146 e. The van der Waals surface area contributed by atoms with Crippen molar-refractivity contribution in [3.63, 3.8) is 0 Å². The first-order valence-corrected chi connectivity index (χ1v) is 11.5. The number of nitrogens with two attached hydrogens (primary N) is 2. The zero-order valence-electron chi connectivity index (χ0n) is 17.0. The average molecular weight is 517 g/mol. The molecule has 3 aromatic heterocycles. The second kappa shape index (κ2) is 7.77. The fourth-order valence-corrected chi connectivity index (χ4v) is 5.79. The van der Waals surface area contributed by atoms with Crippen LogP contribution in [0.1, 0.15) is 12.3 Å². The summed E-state index contributed by atoms with van der Waals surface area (Å²) in [6, 6.07) is 9.26. The number of aliphatic hydroxyl groups excluding tert-OH is 2. The van der Waals surface area contributed by atoms with E-state index in [1.54, 1.807) is 12.3 Å². The van der Waals surface area contributed by atoms with Crippen LogP contribution in [0.15, 0.2) is 47.3 Å². The molecule has 6 N–H and O–H groups in total. The summed E-state index contributed by atoms with van der Waals surface area (Å²) in [5.41, 5.74) is 13.1. The topological polar surface area (TPSA) is 145 Å². The Kier molecular flexibility index (Phi) is 5.16. The molecule has 0 amide bonds. The highest BCUT2D eigenvalue weighted by Gasteiger charge is 2.52. The number of nitrogen functional groups attached to an aromatic ring is 2. The van der Waals surface area contributed by atoms with Crippen LogP contribution in [0.5, 0.6) is 5.75 Å². The summed E-state index contributed by atoms with van der Waals surface area (Å²) in [7, 11) is 0. The SMILES string of the molecule is CC1(COc2ccc3cc(Br)c(N)nc3c2)SC(n2ccc3c(N)ncnc32)C(O)C1O. The molecule has 166 valence electrons. The highest BCUT2D eigenvalue weighted by Crippen LogP contribution is 2.50. The van der Waals surface area contributed by atoms with E-state index in [9.17, 15) is 10.2 Å². The molecule has 1 aliphatic rings. The number of anilines is 2. The second-order valence-corrected chi connectivity index (χ2v) is 10.5. The van der Waals surface area contributed by atoms with Crippen LogP contribution in [0.4, 0.5) is 11.6 Å². The molecule has 1 fully saturated rings. The molecule has 4 aromatic rings. The van der Waals surface area contributed by atoms with Gasteiger partial charge >= 0.3 is 0 Å². The number of hydrogen-bond acceptors (Lipinski definition) is 9. The Hall–Kier alpha value is -2.60. The highest BCUT2D eigenvalue weighted by atomic mass is 79.9. The molecule has 1 aromatic carbocycles. The minimum Gasteiger partial charge on any atom is -0.492 e. The molecule has 11 heteroatoms. The largest absolute Gasteiger partial charge is 0.492 e. The normalized spacial score (nSPS) is 25.6. The van der Waals surface area contributed by atoms with Crippen LogP contribution in [-0.4, -0.2) is 53.3 Å². The maximum Gasteiger partial charge on any atom is 0.146 e. The van der Waals surface area contributed by atoms with E-state index >= 15 is 0 Å². The van der Waals surface area contributed by atoms with Crippen molar-refractivity contribution in [2.75, 3.05) is 18.1 Å². The van der Waals surface area contributed by atoms with Gasteiger partial charge in [0, 0.05) is 17.6 Å². The van der Waals surface area contributed by atoms with Crippen molar-refractivity contribution >= 4 is 61.3 Å². The number of aromatic nitrogens is 4. The van der Waals surface area contributed by atoms with Gasteiger partial charge in [-0.2, -0.15) is 0 Å². The van der Waals surface area contributed by atoms with Crippen LogP contribution in [0, 0.1) is 0 Å². The second-order valence-electron chi connectivity index (χ2n) is 7.97. The minimum absolute atomic E-state index is 0.181. The lowest BCUT2D eigenvalue weighted by Gasteiger charge is -2.27. The number of halogens is 1. The fourth-order valence-electron chi connectivity index (χ4n) is 3.92. The van der Waals surface area contributed by atoms with Gasteiger partial charge in [-0.15, -0.1) is 11.8 Å². The summed E-state index contributed by atoms with van der Waals surface area (Å²) < 4.78 is 7.81. The van der Waals surface area contributed by atoms with Gasteiger partial charge in [0.15, 0.2) is 0 Å². The molecule has 0 bridgehead atoms. The van der Waals surface area contributed by atoms with E-state index in [4.69, 9.17) is 16.2 Å². The zero-order chi connectivity index (χ0) is 22.6. The predicted octanol–water partition coefficient (Wildman–Crippen LogP) is 2.71. The molecule has 4 heterocycles. The first-order valence-electron chi connectivity index (χ1n) is 9.86. The molecule has 5 rings (SSSR count). The number of nitrogens with zero attached hydrogens (tertiary/aromatic N) is 4. The molecule has 0 aliphatic carbocycles. The summed E-state index contributed by atoms with van der Waals surface area (Å²) >= 11 is 4.81. The zero-order valence-corrected chi connectivity index (χ0v) is 19.4. The Labute approximate surface area is 195 Å². The molecule has 4 unspecified atom stereocenters. The first-order chi connectivity index (χ1) is 15.3. The lowest BCUT2D eigenvalue weighted by molar-refractivity contribution is -0.00661. The molecular weight excluding hydrogens is 496 g/mol. The molecule has 9 nitrogen and oxygen atoms in total. The van der Waals surface area contributed by atoms with E-state index < -0.39 is 22.3 Å². The molecule has 0 spiro atoms. The lowest BCUT2D eigenvalue weighted by atomic mass is 10.00. The number of ether oxygens (including phenoxy) is 1. The summed E-state index contributed by atoms with van der Waals surface area (Å²) in [4.78, 5) is 12.7. The van der Waals surface area contributed by atoms with Crippen molar-refractivity contribution < 1.29 is 14.9 Å². The average Bonchev–Trinajstić information content (AvgIpc) is 3.29. The van der Waals surface area contributed by atoms with Crippen LogP contribution < -0.4 is 16.2 Å². The highest BCUT2D eigenvalue weighted by molar-refractivity contribution is 9.10. The van der Waals surface area contributed by atoms with Gasteiger partial charge in [-0.05, 0) is 47.1 Å². The Morgan fingerprint density at radius 2 is 2.00 bits per heavy atom. The third-order valence-electron chi connectivity index (χ3n) is 5.74. The van der Waals surface area contributed by atoms with Crippen molar-refractivity contribution in [3.8, 4) is 5.75 Å². The molecular formula is C21H21BrN6O3S. The maximum atomic E-state index is 10.9. The van der Waals surface area contributed by atoms with Crippen molar-refractivity contribution in [2.45, 2.75) is 29.3 Å². The summed E-state index contributed by atoms with van der Waals surface area (Å²) in [5, 5.41) is 22.9. The standard InChI is InChI=1S/C21H21BrN6O3S/c1-21(8-31-11-3-2-10-6-13(22)18(24)27-14(10)7-11)16(30)15(29)20(32-21)28-5-4-12-17(23)25-9-26-19(12)28/h2-7,9,15-16,20,29-30H,8H2,1H3,(H2,24,27)(H2,23,25,26). The number of aliphatic hydroxyl groups is 2. The van der Waals surface area contributed by atoms with Gasteiger partial charge in [-0.25, -0.2) is 15.0 Å². The number of fused-ring (bicyclic) bond motifs is 2. The van der Waals surface area contributed by atoms with Crippen LogP contribution in [0.3, 0.4) is 0 Å². The Bertz CT molecular complexity index is 1330. The van der Waals surface area contributed by atoms with Crippen LogP contribution in [0.25, 0.3) is 21.9 Å². The Balaban J connectivity index is 1.38. The minimum atomic E-state index is -1.02. The van der Waals surface area contributed by atoms with Gasteiger partial charge in [0.1, 0.15) is 53.5 Å². The van der Waals surface area contributed by atoms with E-state index in [0.717, 1.165) is 9.86 Å². The van der Waals surface area contributed by atoms with Crippen molar-refractivity contribution in [1.82, 2.24) is 19.5 Å². The Morgan fingerprint density at radius 3 is 2.81 bits per heavy atom. The number of pyridine rings is 1. The lowest BCUT2D eigenvalue weighted by Crippen LogP contribution is -2.43. The summed E-state index contributed by atoms with van der Waals surface area (Å²) in [6.45, 7) is 2.05. The Morgan fingerprint density at radius 1 is 1.19 bits per heavy atom. The first kappa shape index (κ1) is 21.3. The summed E-state index contributed by atoms with van der Waals surface area (Å²) in [5.74, 6) is 1.37. The molecule has 1 saturated heterocycles. The van der Waals surface area contributed by atoms with Gasteiger partial charge in [-0.3, -0.25) is 0 Å². The van der Waals surface area contributed by atoms with E-state index in [0.29, 0.717) is 33.9 Å². The predicted molar refractivity (Wildman–Crippen MR) is 128 cm³/mol. The monoisotopic (exact) mass is 516 g/mol. The molecule has 0 radical (unpaired) electrons. The van der Waals surface area contributed by atoms with Crippen LogP contribution in [-0.2, 0) is 0 Å². The fraction of sp³-hybridized carbons (Fsp3) is 0.286. The van der Waals surface area contributed by atoms with E-state index in [2.05, 4.69) is 30.9 Å². The van der Waals surface area contributed by atoms with Crippen molar-refractivity contribution in [3.05, 3.63) is 47.3 Å². The molecule has 32 heavy (non-hydrogen) atoms. The number of hydrogen-bond donors (Lipinski definition) is 4. The number of thioether (sulfide) groups is 1. The van der Waals surface area contributed by atoms with Crippen molar-refractivity contribution in [2.24, 2.45) is 0 Å². The van der Waals surface area contributed by atoms with Crippen LogP contribution >= 0.6 is 27.7 Å². The van der Waals surface area contributed by atoms with Crippen molar-refractivity contribution in [1.29, 1.82) is 0 Å². The quantitative estimate of drug-likeness (QED) is 0.321. The van der Waals surface area contributed by atoms with Gasteiger partial charge in [-0.1, -0.05) is 0 Å². The third-order valence-corrected chi connectivity index (χ3v) is 8.02. The third kappa shape index (κ3) is 3.45. The molecule has 0 saturated carbocycles. The maximum absolute atomic E-state index is 10.9. The van der Waals surface area contributed by atoms with E-state index in [-0.39, 0.29) is 6.61 Å². The molecule has 4 atom stereocenters. The van der Waals surface area contributed by atoms with Gasteiger partial charge in [0.25, 0.3) is 0 Å². The van der Waals surface area contributed by atoms with Gasteiger partial charge in [0.2, 0.25) is 0 Å².